The number of nitrogens with zero attached hydrogens (tertiary/aromatic N) is 2. The van der Waals surface area contributed by atoms with E-state index in [2.05, 4.69) is 46.5 Å². The molecule has 11 N–H and O–H groups in total. The molecule has 1 aliphatic rings. The van der Waals surface area contributed by atoms with E-state index in [4.69, 9.17) is 11.5 Å². The fourth-order valence-corrected chi connectivity index (χ4v) is 5.89. The maximum absolute atomic E-state index is 14.0. The number of rotatable bonds is 10. The van der Waals surface area contributed by atoms with Crippen molar-refractivity contribution in [2.24, 2.45) is 16.5 Å². The third kappa shape index (κ3) is 10.4. The summed E-state index contributed by atoms with van der Waals surface area (Å²) in [5.41, 5.74) is 14.0. The molecule has 1 fully saturated rings. The summed E-state index contributed by atoms with van der Waals surface area (Å²) in [6.07, 6.45) is 5.35. The molecule has 51 heavy (non-hydrogen) atoms. The van der Waals surface area contributed by atoms with E-state index in [1.165, 1.54) is 12.5 Å². The smallest absolute Gasteiger partial charge is 0.243 e. The van der Waals surface area contributed by atoms with Gasteiger partial charge in [0.25, 0.3) is 0 Å². The molecule has 268 valence electrons. The molecule has 16 nitrogen and oxygen atoms in total. The number of aromatic nitrogens is 3. The summed E-state index contributed by atoms with van der Waals surface area (Å²) in [6, 6.07) is 12.3. The van der Waals surface area contributed by atoms with Crippen molar-refractivity contribution in [2.45, 2.75) is 62.7 Å². The second-order valence-electron chi connectivity index (χ2n) is 12.3. The highest BCUT2D eigenvalue weighted by atomic mass is 16.2. The van der Waals surface area contributed by atoms with Gasteiger partial charge < -0.3 is 48.0 Å². The minimum absolute atomic E-state index is 0.0569. The van der Waals surface area contributed by atoms with Gasteiger partial charge in [0.05, 0.1) is 6.33 Å². The fourth-order valence-electron chi connectivity index (χ4n) is 5.89. The number of para-hydroxylation sites is 1. The van der Waals surface area contributed by atoms with Crippen molar-refractivity contribution < 1.29 is 24.0 Å². The number of carbonyl (C=O) groups is 5. The van der Waals surface area contributed by atoms with Gasteiger partial charge in [-0.2, -0.15) is 0 Å². The Bertz CT molecular complexity index is 1840. The average Bonchev–Trinajstić information content (AvgIpc) is 3.78. The zero-order valence-electron chi connectivity index (χ0n) is 28.0. The predicted octanol–water partition coefficient (Wildman–Crippen LogP) is -0.568. The second-order valence-corrected chi connectivity index (χ2v) is 12.3. The Labute approximate surface area is 294 Å². The van der Waals surface area contributed by atoms with Crippen molar-refractivity contribution in [1.82, 2.24) is 41.5 Å². The van der Waals surface area contributed by atoms with Crippen molar-refractivity contribution >= 4 is 46.4 Å². The van der Waals surface area contributed by atoms with Crippen LogP contribution in [0.25, 0.3) is 10.9 Å². The van der Waals surface area contributed by atoms with E-state index in [-0.39, 0.29) is 51.2 Å². The number of imidazole rings is 1. The maximum atomic E-state index is 14.0. The van der Waals surface area contributed by atoms with Crippen LogP contribution in [0.15, 0.2) is 78.3 Å². The Kier molecular flexibility index (Phi) is 12.4. The fraction of sp³-hybridized carbons (Fsp3) is 0.343. The number of hydrogen-bond acceptors (Lipinski definition) is 7. The van der Waals surface area contributed by atoms with Crippen LogP contribution in [0.2, 0.25) is 0 Å². The topological polar surface area (TPSA) is 254 Å². The van der Waals surface area contributed by atoms with Gasteiger partial charge in [-0.05, 0) is 30.0 Å². The predicted molar refractivity (Wildman–Crippen MR) is 190 cm³/mol. The monoisotopic (exact) mass is 697 g/mol. The Morgan fingerprint density at radius 2 is 1.41 bits per heavy atom. The van der Waals surface area contributed by atoms with E-state index < -0.39 is 53.7 Å². The number of benzene rings is 2. The molecule has 16 heteroatoms. The molecule has 2 aromatic carbocycles. The van der Waals surface area contributed by atoms with Crippen molar-refractivity contribution in [3.05, 3.63) is 90.1 Å². The molecule has 4 atom stereocenters. The summed E-state index contributed by atoms with van der Waals surface area (Å²) in [5, 5.41) is 14.8. The van der Waals surface area contributed by atoms with Gasteiger partial charge in [0.2, 0.25) is 29.5 Å². The zero-order valence-corrected chi connectivity index (χ0v) is 28.0. The molecule has 5 amide bonds. The van der Waals surface area contributed by atoms with E-state index >= 15 is 0 Å². The first-order valence-electron chi connectivity index (χ1n) is 16.8. The van der Waals surface area contributed by atoms with Gasteiger partial charge in [0.15, 0.2) is 5.96 Å². The lowest BCUT2D eigenvalue weighted by atomic mass is 10.0. The average molecular weight is 698 g/mol. The number of amides is 5. The first-order chi connectivity index (χ1) is 24.7. The third-order valence-corrected chi connectivity index (χ3v) is 8.51. The molecule has 1 aliphatic heterocycles. The van der Waals surface area contributed by atoms with Gasteiger partial charge in [-0.3, -0.25) is 29.0 Å². The van der Waals surface area contributed by atoms with Crippen LogP contribution in [0, 0.1) is 0 Å². The van der Waals surface area contributed by atoms with Gasteiger partial charge in [-0.25, -0.2) is 4.98 Å². The van der Waals surface area contributed by atoms with Crippen molar-refractivity contribution in [2.75, 3.05) is 13.1 Å². The summed E-state index contributed by atoms with van der Waals surface area (Å²) >= 11 is 0. The Morgan fingerprint density at radius 3 is 2.14 bits per heavy atom. The zero-order chi connectivity index (χ0) is 36.2. The van der Waals surface area contributed by atoms with E-state index in [0.717, 1.165) is 22.0 Å². The number of aliphatic imine (C=N–C) groups is 1. The molecule has 0 unspecified atom stereocenters. The van der Waals surface area contributed by atoms with Crippen molar-refractivity contribution in [3.63, 3.8) is 0 Å². The minimum Gasteiger partial charge on any atom is -0.370 e. The van der Waals surface area contributed by atoms with E-state index in [9.17, 15) is 24.0 Å². The van der Waals surface area contributed by atoms with E-state index in [1.807, 2.05) is 54.6 Å². The molecular formula is C35H43N11O5. The van der Waals surface area contributed by atoms with Crippen LogP contribution in [-0.2, 0) is 43.2 Å². The highest BCUT2D eigenvalue weighted by molar-refractivity contribution is 5.96. The first-order valence-corrected chi connectivity index (χ1v) is 16.8. The number of fused-ring (bicyclic) bond motifs is 1. The number of carbonyl (C=O) groups excluding carboxylic acids is 5. The molecule has 0 aliphatic carbocycles. The lowest BCUT2D eigenvalue weighted by Gasteiger charge is -2.27. The third-order valence-electron chi connectivity index (χ3n) is 8.51. The largest absolute Gasteiger partial charge is 0.370 e. The molecule has 2 aromatic heterocycles. The van der Waals surface area contributed by atoms with E-state index in [0.29, 0.717) is 12.1 Å². The van der Waals surface area contributed by atoms with Gasteiger partial charge in [0.1, 0.15) is 24.2 Å². The number of hydrogen-bond donors (Lipinski definition) is 9. The van der Waals surface area contributed by atoms with Crippen LogP contribution in [0.1, 0.15) is 36.1 Å². The van der Waals surface area contributed by atoms with Crippen molar-refractivity contribution in [3.8, 4) is 0 Å². The van der Waals surface area contributed by atoms with Crippen LogP contribution in [0.3, 0.4) is 0 Å². The molecule has 0 saturated carbocycles. The number of nitrogens with two attached hydrogens (primary N) is 2. The summed E-state index contributed by atoms with van der Waals surface area (Å²) in [7, 11) is 0. The lowest BCUT2D eigenvalue weighted by molar-refractivity contribution is -0.135. The number of nitrogens with one attached hydrogen (secondary N) is 7. The SMILES string of the molecule is NC(N)=NCCC[C@@H]1NC(=O)[C@@H](Cc2ccccc2)NC(=O)[C@H](Cc2cnc[nH]2)NC(=O)CCNC(=O)[C@H](Cc2c[nH]c3ccccc23)NC1=O. The van der Waals surface area contributed by atoms with Crippen LogP contribution in [0.5, 0.6) is 0 Å². The van der Waals surface area contributed by atoms with Gasteiger partial charge in [-0.15, -0.1) is 0 Å². The van der Waals surface area contributed by atoms with Crippen LogP contribution in [-0.4, -0.2) is 87.7 Å². The molecule has 0 bridgehead atoms. The summed E-state index contributed by atoms with van der Waals surface area (Å²) in [5.74, 6) is -2.99. The number of aromatic amines is 2. The minimum atomic E-state index is -1.13. The van der Waals surface area contributed by atoms with Gasteiger partial charge in [-0.1, -0.05) is 48.5 Å². The molecule has 5 rings (SSSR count). The summed E-state index contributed by atoms with van der Waals surface area (Å²) in [6.45, 7) is 0.138. The van der Waals surface area contributed by atoms with Crippen LogP contribution >= 0.6 is 0 Å². The Morgan fingerprint density at radius 1 is 0.745 bits per heavy atom. The standard InChI is InChI=1S/C35H43N11O5/c36-35(37)40-13-6-11-26-32(49)46-28(16-22-18-41-25-10-5-4-9-24(22)25)31(48)39-14-12-30(47)43-29(17-23-19-38-20-42-23)34(51)45-27(33(50)44-26)15-21-7-2-1-3-8-21/h1-5,7-10,18-20,26-29,41H,6,11-17H2,(H,38,42)(H,39,48)(H,43,47)(H,44,50)(H,45,51)(H,46,49)(H4,36,37,40)/t26-,27+,28-,29-/m0/s1. The molecular weight excluding hydrogens is 654 g/mol. The molecule has 4 aromatic rings. The normalized spacial score (nSPS) is 20.8. The quantitative estimate of drug-likeness (QED) is 0.0588. The molecule has 0 radical (unpaired) electrons. The highest BCUT2D eigenvalue weighted by Gasteiger charge is 2.32. The summed E-state index contributed by atoms with van der Waals surface area (Å²) in [4.78, 5) is 82.6. The Balaban J connectivity index is 1.46. The van der Waals surface area contributed by atoms with E-state index in [1.54, 1.807) is 6.20 Å². The van der Waals surface area contributed by atoms with Crippen LogP contribution < -0.4 is 38.1 Å². The molecule has 1 saturated heterocycles. The maximum Gasteiger partial charge on any atom is 0.243 e. The highest BCUT2D eigenvalue weighted by Crippen LogP contribution is 2.19. The van der Waals surface area contributed by atoms with Crippen molar-refractivity contribution in [1.29, 1.82) is 0 Å². The molecule has 0 spiro atoms. The van der Waals surface area contributed by atoms with Gasteiger partial charge in [0, 0.05) is 67.8 Å². The number of guanidine groups is 1. The van der Waals surface area contributed by atoms with Gasteiger partial charge >= 0.3 is 0 Å². The lowest BCUT2D eigenvalue weighted by Crippen LogP contribution is -2.59. The Hall–Kier alpha value is -6.19. The second kappa shape index (κ2) is 17.5. The summed E-state index contributed by atoms with van der Waals surface area (Å²) < 4.78 is 0. The molecule has 3 heterocycles. The first kappa shape index (κ1) is 36.1. The van der Waals surface area contributed by atoms with Crippen LogP contribution in [0.4, 0.5) is 0 Å². The number of H-pyrrole nitrogens is 2.